The smallest absolute Gasteiger partial charge is 0.408 e. The van der Waals surface area contributed by atoms with Crippen LogP contribution in [0.4, 0.5) is 4.79 Å². The van der Waals surface area contributed by atoms with E-state index in [1.807, 2.05) is 31.2 Å². The number of hydrogen-bond acceptors (Lipinski definition) is 4. The van der Waals surface area contributed by atoms with E-state index < -0.39 is 23.3 Å². The number of carbonyl (C=O) groups excluding carboxylic acids is 2. The van der Waals surface area contributed by atoms with Crippen LogP contribution in [0.25, 0.3) is 0 Å². The number of rotatable bonds is 5. The highest BCUT2D eigenvalue weighted by Gasteiger charge is 2.42. The lowest BCUT2D eigenvalue weighted by Crippen LogP contribution is -2.61. The van der Waals surface area contributed by atoms with Crippen molar-refractivity contribution in [3.63, 3.8) is 0 Å². The van der Waals surface area contributed by atoms with Crippen LogP contribution < -0.4 is 10.6 Å². The Morgan fingerprint density at radius 2 is 1.79 bits per heavy atom. The number of carbonyl (C=O) groups is 2. The SMILES string of the molecule is Cc1ccc(CC(C#N)NC(=O)C2(NC(=O)OC(C)(C)C)CCCCC2)cc1. The van der Waals surface area contributed by atoms with Gasteiger partial charge in [0, 0.05) is 6.42 Å². The second-order valence-electron chi connectivity index (χ2n) is 8.61. The minimum atomic E-state index is -1.02. The van der Waals surface area contributed by atoms with Crippen molar-refractivity contribution in [3.8, 4) is 6.07 Å². The first-order valence-electron chi connectivity index (χ1n) is 9.91. The predicted octanol–water partition coefficient (Wildman–Crippen LogP) is 3.77. The van der Waals surface area contributed by atoms with Gasteiger partial charge in [0.1, 0.15) is 17.2 Å². The number of ether oxygens (including phenoxy) is 1. The molecule has 1 aromatic carbocycles. The highest BCUT2D eigenvalue weighted by Crippen LogP contribution is 2.29. The number of benzene rings is 1. The van der Waals surface area contributed by atoms with E-state index in [-0.39, 0.29) is 5.91 Å². The van der Waals surface area contributed by atoms with Crippen LogP contribution in [0.15, 0.2) is 24.3 Å². The van der Waals surface area contributed by atoms with Gasteiger partial charge in [0.2, 0.25) is 5.91 Å². The number of amides is 2. The number of nitrogens with zero attached hydrogens (tertiary/aromatic N) is 1. The second kappa shape index (κ2) is 9.09. The van der Waals surface area contributed by atoms with E-state index in [0.29, 0.717) is 19.3 Å². The highest BCUT2D eigenvalue weighted by atomic mass is 16.6. The van der Waals surface area contributed by atoms with Crippen LogP contribution in [-0.4, -0.2) is 29.2 Å². The highest BCUT2D eigenvalue weighted by molar-refractivity contribution is 5.90. The van der Waals surface area contributed by atoms with Crippen molar-refractivity contribution in [3.05, 3.63) is 35.4 Å². The molecule has 152 valence electrons. The van der Waals surface area contributed by atoms with Gasteiger partial charge in [-0.2, -0.15) is 5.26 Å². The molecule has 28 heavy (non-hydrogen) atoms. The van der Waals surface area contributed by atoms with E-state index in [1.165, 1.54) is 0 Å². The molecule has 0 bridgehead atoms. The summed E-state index contributed by atoms with van der Waals surface area (Å²) in [6.07, 6.45) is 3.62. The van der Waals surface area contributed by atoms with Gasteiger partial charge in [0.05, 0.1) is 6.07 Å². The van der Waals surface area contributed by atoms with Crippen molar-refractivity contribution in [2.24, 2.45) is 0 Å². The molecule has 0 saturated heterocycles. The van der Waals surface area contributed by atoms with Crippen LogP contribution in [0.1, 0.15) is 64.0 Å². The van der Waals surface area contributed by atoms with Crippen molar-refractivity contribution in [1.29, 1.82) is 5.26 Å². The van der Waals surface area contributed by atoms with Gasteiger partial charge in [-0.1, -0.05) is 49.1 Å². The molecule has 0 aliphatic heterocycles. The maximum absolute atomic E-state index is 13.1. The Morgan fingerprint density at radius 1 is 1.18 bits per heavy atom. The van der Waals surface area contributed by atoms with Gasteiger partial charge in [0.15, 0.2) is 0 Å². The lowest BCUT2D eigenvalue weighted by molar-refractivity contribution is -0.129. The molecule has 1 aliphatic rings. The lowest BCUT2D eigenvalue weighted by Gasteiger charge is -2.37. The molecule has 0 radical (unpaired) electrons. The van der Waals surface area contributed by atoms with E-state index in [1.54, 1.807) is 20.8 Å². The summed E-state index contributed by atoms with van der Waals surface area (Å²) in [6.45, 7) is 7.36. The standard InChI is InChI=1S/C22H31N3O3/c1-16-8-10-17(11-9-16)14-18(15-23)24-19(26)22(12-6-5-7-13-22)25-20(27)28-21(2,3)4/h8-11,18H,5-7,12-14H2,1-4H3,(H,24,26)(H,25,27). The van der Waals surface area contributed by atoms with Crippen molar-refractivity contribution in [2.75, 3.05) is 0 Å². The normalized spacial score (nSPS) is 17.1. The largest absolute Gasteiger partial charge is 0.444 e. The fourth-order valence-corrected chi connectivity index (χ4v) is 3.45. The number of nitrogens with one attached hydrogen (secondary N) is 2. The van der Waals surface area contributed by atoms with Crippen molar-refractivity contribution in [1.82, 2.24) is 10.6 Å². The molecule has 6 nitrogen and oxygen atoms in total. The Balaban J connectivity index is 2.09. The van der Waals surface area contributed by atoms with Gasteiger partial charge in [-0.3, -0.25) is 4.79 Å². The fraction of sp³-hybridized carbons (Fsp3) is 0.591. The number of alkyl carbamates (subject to hydrolysis) is 1. The molecule has 1 fully saturated rings. The summed E-state index contributed by atoms with van der Waals surface area (Å²) < 4.78 is 5.36. The Bertz CT molecular complexity index is 723. The molecular weight excluding hydrogens is 354 g/mol. The average Bonchev–Trinajstić information content (AvgIpc) is 2.62. The Hall–Kier alpha value is -2.55. The second-order valence-corrected chi connectivity index (χ2v) is 8.61. The molecule has 1 unspecified atom stereocenters. The molecule has 1 aromatic rings. The summed E-state index contributed by atoms with van der Waals surface area (Å²) >= 11 is 0. The monoisotopic (exact) mass is 385 g/mol. The molecule has 2 amide bonds. The lowest BCUT2D eigenvalue weighted by atomic mass is 9.80. The zero-order valence-corrected chi connectivity index (χ0v) is 17.3. The fourth-order valence-electron chi connectivity index (χ4n) is 3.45. The van der Waals surface area contributed by atoms with Crippen molar-refractivity contribution in [2.45, 2.75) is 83.4 Å². The van der Waals surface area contributed by atoms with Gasteiger partial charge in [0.25, 0.3) is 0 Å². The molecular formula is C22H31N3O3. The number of nitriles is 1. The molecule has 0 spiro atoms. The van der Waals surface area contributed by atoms with E-state index in [4.69, 9.17) is 4.74 Å². The third kappa shape index (κ3) is 6.26. The zero-order chi connectivity index (χ0) is 20.8. The summed E-state index contributed by atoms with van der Waals surface area (Å²) in [4.78, 5) is 25.4. The van der Waals surface area contributed by atoms with Crippen molar-refractivity contribution < 1.29 is 14.3 Å². The van der Waals surface area contributed by atoms with Gasteiger partial charge in [-0.25, -0.2) is 4.79 Å². The van der Waals surface area contributed by atoms with Crippen LogP contribution in [0.3, 0.4) is 0 Å². The van der Waals surface area contributed by atoms with Crippen LogP contribution in [0, 0.1) is 18.3 Å². The molecule has 2 N–H and O–H groups in total. The Kier molecular flexibility index (Phi) is 7.06. The van der Waals surface area contributed by atoms with Crippen LogP contribution in [-0.2, 0) is 16.0 Å². The first-order valence-corrected chi connectivity index (χ1v) is 9.91. The van der Waals surface area contributed by atoms with Crippen LogP contribution in [0.5, 0.6) is 0 Å². The first-order chi connectivity index (χ1) is 13.1. The maximum Gasteiger partial charge on any atom is 0.408 e. The molecule has 0 heterocycles. The molecule has 1 atom stereocenters. The zero-order valence-electron chi connectivity index (χ0n) is 17.3. The van der Waals surface area contributed by atoms with Gasteiger partial charge in [-0.15, -0.1) is 0 Å². The summed E-state index contributed by atoms with van der Waals surface area (Å²) in [5.74, 6) is -0.309. The molecule has 0 aromatic heterocycles. The van der Waals surface area contributed by atoms with E-state index in [2.05, 4.69) is 16.7 Å². The maximum atomic E-state index is 13.1. The molecule has 6 heteroatoms. The van der Waals surface area contributed by atoms with E-state index >= 15 is 0 Å². The third-order valence-corrected chi connectivity index (χ3v) is 4.90. The first kappa shape index (κ1) is 21.7. The summed E-state index contributed by atoms with van der Waals surface area (Å²) in [6, 6.07) is 9.40. The van der Waals surface area contributed by atoms with Crippen molar-refractivity contribution >= 4 is 12.0 Å². The number of hydrogen-bond donors (Lipinski definition) is 2. The minimum Gasteiger partial charge on any atom is -0.444 e. The minimum absolute atomic E-state index is 0.309. The Labute approximate surface area is 167 Å². The van der Waals surface area contributed by atoms with Gasteiger partial charge >= 0.3 is 6.09 Å². The summed E-state index contributed by atoms with van der Waals surface area (Å²) in [7, 11) is 0. The van der Waals surface area contributed by atoms with E-state index in [0.717, 1.165) is 30.4 Å². The van der Waals surface area contributed by atoms with Crippen LogP contribution >= 0.6 is 0 Å². The third-order valence-electron chi connectivity index (χ3n) is 4.90. The predicted molar refractivity (Wildman–Crippen MR) is 108 cm³/mol. The molecule has 1 saturated carbocycles. The van der Waals surface area contributed by atoms with Gasteiger partial charge < -0.3 is 15.4 Å². The molecule has 1 aliphatic carbocycles. The summed E-state index contributed by atoms with van der Waals surface area (Å²) in [5.41, 5.74) is 0.458. The van der Waals surface area contributed by atoms with E-state index in [9.17, 15) is 14.9 Å². The Morgan fingerprint density at radius 3 is 2.32 bits per heavy atom. The quantitative estimate of drug-likeness (QED) is 0.807. The number of aryl methyl sites for hydroxylation is 1. The molecule has 2 rings (SSSR count). The topological polar surface area (TPSA) is 91.2 Å². The average molecular weight is 386 g/mol. The van der Waals surface area contributed by atoms with Gasteiger partial charge in [-0.05, 0) is 46.1 Å². The van der Waals surface area contributed by atoms with Crippen LogP contribution in [0.2, 0.25) is 0 Å². The summed E-state index contributed by atoms with van der Waals surface area (Å²) in [5, 5.41) is 15.2.